The zero-order chi connectivity index (χ0) is 60.5. The Balaban J connectivity index is 0.000000123. The summed E-state index contributed by atoms with van der Waals surface area (Å²) in [6.07, 6.45) is 3.64. The third-order valence-electron chi connectivity index (χ3n) is 16.6. The molecule has 0 saturated carbocycles. The highest BCUT2D eigenvalue weighted by molar-refractivity contribution is 5.87. The quantitative estimate of drug-likeness (QED) is 0.118. The van der Waals surface area contributed by atoms with Crippen LogP contribution in [0.4, 0.5) is 25.8 Å². The molecule has 0 amide bonds. The van der Waals surface area contributed by atoms with Crippen LogP contribution >= 0.6 is 0 Å². The fraction of sp³-hybridized carbons (Fsp3) is 0.243. The van der Waals surface area contributed by atoms with Gasteiger partial charge in [0.2, 0.25) is 0 Å². The number of anilines is 3. The van der Waals surface area contributed by atoms with Crippen LogP contribution in [0.2, 0.25) is 0 Å². The molecule has 0 atom stereocenters. The maximum absolute atomic E-state index is 13.2. The van der Waals surface area contributed by atoms with Crippen molar-refractivity contribution in [1.82, 2.24) is 39.6 Å². The third kappa shape index (κ3) is 14.1. The Bertz CT molecular complexity index is 4290. The number of nitrogens with zero attached hydrogens (tertiary/aromatic N) is 9. The smallest absolute Gasteiger partial charge is 0.417 e. The van der Waals surface area contributed by atoms with Gasteiger partial charge in [-0.2, -0.15) is 0 Å². The van der Waals surface area contributed by atoms with E-state index in [4.69, 9.17) is 23.3 Å². The molecule has 9 heterocycles. The second kappa shape index (κ2) is 27.0. The molecular weight excluding hydrogens is 1130 g/mol. The van der Waals surface area contributed by atoms with Crippen molar-refractivity contribution in [1.29, 1.82) is 0 Å². The van der Waals surface area contributed by atoms with Gasteiger partial charge in [-0.3, -0.25) is 39.6 Å². The molecule has 17 nitrogen and oxygen atoms in total. The van der Waals surface area contributed by atoms with Gasteiger partial charge in [-0.05, 0) is 119 Å². The van der Waals surface area contributed by atoms with Gasteiger partial charge in [-0.1, -0.05) is 78.9 Å². The number of aromatic amines is 2. The molecule has 0 unspecified atom stereocenters. The highest BCUT2D eigenvalue weighted by Crippen LogP contribution is 2.40. The second-order valence-corrected chi connectivity index (χ2v) is 22.4. The Hall–Kier alpha value is -9.95. The SMILES string of the molecule is Fc1ccc(-c2ccnc(CN3CCN(c4cccc5c4OCCO5)CC3)c2)cc1.O=c1[nH]c2cccc(N3CCN(Cc4cc(-c5ccc(F)cc5)ccn4)CC3)c2o1.O=c1[nH]c2cccc(N3CCN(Cc4cccc(-c5ccccc5)n4)CC3)c2o1. The van der Waals surface area contributed by atoms with Crippen LogP contribution in [0, 0.1) is 11.6 Å². The molecule has 452 valence electrons. The summed E-state index contributed by atoms with van der Waals surface area (Å²) in [5.41, 5.74) is 15.1. The highest BCUT2D eigenvalue weighted by Gasteiger charge is 2.26. The predicted molar refractivity (Wildman–Crippen MR) is 343 cm³/mol. The predicted octanol–water partition coefficient (Wildman–Crippen LogP) is 11.1. The summed E-state index contributed by atoms with van der Waals surface area (Å²) in [6, 6.07) is 55.4. The first-order valence-corrected chi connectivity index (χ1v) is 30.2. The van der Waals surface area contributed by atoms with Gasteiger partial charge >= 0.3 is 11.5 Å². The number of hydrogen-bond donors (Lipinski definition) is 2. The van der Waals surface area contributed by atoms with E-state index in [1.54, 1.807) is 30.5 Å². The Morgan fingerprint density at radius 1 is 0.404 bits per heavy atom. The summed E-state index contributed by atoms with van der Waals surface area (Å²) < 4.78 is 48.7. The molecule has 3 fully saturated rings. The molecule has 0 aliphatic carbocycles. The Kier molecular flexibility index (Phi) is 17.6. The van der Waals surface area contributed by atoms with E-state index in [-0.39, 0.29) is 11.6 Å². The number of ether oxygens (including phenoxy) is 2. The van der Waals surface area contributed by atoms with E-state index in [1.165, 1.54) is 24.3 Å². The first-order valence-electron chi connectivity index (χ1n) is 30.2. The first kappa shape index (κ1) is 58.1. The number of halogens is 2. The summed E-state index contributed by atoms with van der Waals surface area (Å²) in [7, 11) is 0. The topological polar surface area (TPSA) is 169 Å². The zero-order valence-electron chi connectivity index (χ0n) is 49.1. The number of fused-ring (bicyclic) bond motifs is 3. The largest absolute Gasteiger partial charge is 0.486 e. The van der Waals surface area contributed by atoms with Crippen molar-refractivity contribution in [3.63, 3.8) is 0 Å². The summed E-state index contributed by atoms with van der Waals surface area (Å²) in [6.45, 7) is 14.4. The molecule has 89 heavy (non-hydrogen) atoms. The third-order valence-corrected chi connectivity index (χ3v) is 16.6. The van der Waals surface area contributed by atoms with Crippen molar-refractivity contribution in [3.05, 3.63) is 238 Å². The van der Waals surface area contributed by atoms with Gasteiger partial charge in [0.05, 0.1) is 50.9 Å². The minimum atomic E-state index is -0.428. The number of piperazine rings is 3. The van der Waals surface area contributed by atoms with Gasteiger partial charge in [0.25, 0.3) is 0 Å². The van der Waals surface area contributed by atoms with E-state index < -0.39 is 11.5 Å². The average molecular weight is 1200 g/mol. The van der Waals surface area contributed by atoms with Crippen molar-refractivity contribution in [3.8, 4) is 45.0 Å². The van der Waals surface area contributed by atoms with E-state index in [2.05, 4.69) is 97.9 Å². The van der Waals surface area contributed by atoms with Gasteiger partial charge in [0.15, 0.2) is 22.7 Å². The number of H-pyrrole nitrogens is 2. The number of pyridine rings is 3. The summed E-state index contributed by atoms with van der Waals surface area (Å²) in [5.74, 6) is 0.413. The summed E-state index contributed by atoms with van der Waals surface area (Å²) in [4.78, 5) is 56.5. The summed E-state index contributed by atoms with van der Waals surface area (Å²) >= 11 is 0. The summed E-state index contributed by atoms with van der Waals surface area (Å²) in [5, 5.41) is 0. The maximum atomic E-state index is 13.2. The van der Waals surface area contributed by atoms with Crippen LogP contribution in [-0.4, -0.2) is 131 Å². The van der Waals surface area contributed by atoms with Crippen LogP contribution in [0.25, 0.3) is 55.7 Å². The van der Waals surface area contributed by atoms with E-state index in [9.17, 15) is 18.4 Å². The molecule has 0 radical (unpaired) electrons. The van der Waals surface area contributed by atoms with Gasteiger partial charge in [-0.25, -0.2) is 18.4 Å². The number of hydrogen-bond acceptors (Lipinski definition) is 15. The van der Waals surface area contributed by atoms with E-state index >= 15 is 0 Å². The van der Waals surface area contributed by atoms with Gasteiger partial charge < -0.3 is 33.0 Å². The lowest BCUT2D eigenvalue weighted by molar-refractivity contribution is 0.171. The maximum Gasteiger partial charge on any atom is 0.417 e. The number of benzene rings is 6. The molecule has 6 aromatic carbocycles. The molecule has 19 heteroatoms. The standard InChI is InChI=1S/C24H24FN3O2.C23H21FN4O2.C23H22N4O2/c25-20-6-4-18(5-7-20)19-8-9-26-21(16-19)17-27-10-12-28(13-11-27)22-2-1-3-23-24(22)30-15-14-29-23;24-18-6-4-16(5-7-18)17-8-9-25-19(14-17)15-27-10-12-28(13-11-27)21-3-1-2-20-22(21)30-23(29)26-20;28-23-25-20-10-5-11-21(22(20)29-23)27-14-12-26(13-15-27)16-18-8-4-9-19(24-18)17-6-2-1-3-7-17/h1-9,16H,10-15,17H2;1-9,14H,10-13,15H2,(H,26,29);1-11H,12-16H2,(H,25,28). The number of aromatic nitrogens is 5. The number of rotatable bonds is 12. The van der Waals surface area contributed by atoms with Crippen molar-refractivity contribution in [2.45, 2.75) is 19.6 Å². The average Bonchev–Trinajstić information content (AvgIpc) is 2.34. The van der Waals surface area contributed by atoms with Crippen LogP contribution in [0.15, 0.2) is 207 Å². The molecule has 0 spiro atoms. The monoisotopic (exact) mass is 1200 g/mol. The molecule has 15 rings (SSSR count). The lowest BCUT2D eigenvalue weighted by Gasteiger charge is -2.37. The van der Waals surface area contributed by atoms with Crippen LogP contribution in [0.1, 0.15) is 17.1 Å². The van der Waals surface area contributed by atoms with E-state index in [0.717, 1.165) is 188 Å². The number of oxazole rings is 2. The zero-order valence-corrected chi connectivity index (χ0v) is 49.1. The fourth-order valence-corrected chi connectivity index (χ4v) is 12.0. The van der Waals surface area contributed by atoms with Crippen molar-refractivity contribution in [2.75, 3.05) is 106 Å². The molecule has 5 aromatic heterocycles. The minimum Gasteiger partial charge on any atom is -0.486 e. The first-order chi connectivity index (χ1) is 43.7. The Labute approximate surface area is 513 Å². The van der Waals surface area contributed by atoms with Crippen LogP contribution in [-0.2, 0) is 19.6 Å². The molecule has 0 bridgehead atoms. The van der Waals surface area contributed by atoms with Crippen LogP contribution < -0.4 is 35.7 Å². The minimum absolute atomic E-state index is 0.220. The van der Waals surface area contributed by atoms with Gasteiger partial charge in [-0.15, -0.1) is 0 Å². The second-order valence-electron chi connectivity index (χ2n) is 22.4. The van der Waals surface area contributed by atoms with E-state index in [1.807, 2.05) is 85.1 Å². The van der Waals surface area contributed by atoms with Crippen molar-refractivity contribution in [2.24, 2.45) is 0 Å². The number of nitrogens with one attached hydrogen (secondary N) is 2. The molecule has 2 N–H and O–H groups in total. The molecular formula is C70H67F2N11O6. The normalized spacial score (nSPS) is 15.6. The van der Waals surface area contributed by atoms with Gasteiger partial charge in [0, 0.05) is 116 Å². The van der Waals surface area contributed by atoms with Crippen molar-refractivity contribution >= 4 is 39.3 Å². The molecule has 4 aliphatic heterocycles. The number of para-hydroxylation sites is 3. The molecule has 11 aromatic rings. The van der Waals surface area contributed by atoms with Crippen LogP contribution in [0.3, 0.4) is 0 Å². The van der Waals surface area contributed by atoms with E-state index in [0.29, 0.717) is 24.4 Å². The van der Waals surface area contributed by atoms with Crippen LogP contribution in [0.5, 0.6) is 11.5 Å². The molecule has 4 aliphatic rings. The fourth-order valence-electron chi connectivity index (χ4n) is 12.0. The Morgan fingerprint density at radius 2 is 0.854 bits per heavy atom. The van der Waals surface area contributed by atoms with Gasteiger partial charge in [0.1, 0.15) is 24.8 Å². The lowest BCUT2D eigenvalue weighted by atomic mass is 10.1. The van der Waals surface area contributed by atoms with Crippen molar-refractivity contribution < 1.29 is 27.1 Å². The highest BCUT2D eigenvalue weighted by atomic mass is 19.1. The Morgan fingerprint density at radius 3 is 1.37 bits per heavy atom. The molecule has 3 saturated heterocycles. The lowest BCUT2D eigenvalue weighted by Crippen LogP contribution is -2.46.